The molecule has 0 atom stereocenters. The SMILES string of the molecule is ClC1=NCCc2ccccc21. The van der Waals surface area contributed by atoms with E-state index < -0.39 is 0 Å². The molecule has 0 saturated carbocycles. The molecule has 1 aromatic carbocycles. The van der Waals surface area contributed by atoms with Crippen molar-refractivity contribution in [3.05, 3.63) is 35.4 Å². The lowest BCUT2D eigenvalue weighted by molar-refractivity contribution is 0.949. The third kappa shape index (κ3) is 1.16. The highest BCUT2D eigenvalue weighted by Gasteiger charge is 2.09. The molecule has 1 aliphatic heterocycles. The van der Waals surface area contributed by atoms with Crippen LogP contribution in [0.1, 0.15) is 11.1 Å². The molecule has 0 bridgehead atoms. The smallest absolute Gasteiger partial charge is 0.131 e. The Morgan fingerprint density at radius 3 is 2.91 bits per heavy atom. The molecule has 2 heteroatoms. The molecule has 0 spiro atoms. The van der Waals surface area contributed by atoms with Crippen LogP contribution in [0.15, 0.2) is 29.3 Å². The highest BCUT2D eigenvalue weighted by atomic mass is 35.5. The van der Waals surface area contributed by atoms with Gasteiger partial charge in [0.05, 0.1) is 0 Å². The number of hydrogen-bond acceptors (Lipinski definition) is 1. The number of aliphatic imine (C=N–C) groups is 1. The van der Waals surface area contributed by atoms with E-state index in [0.717, 1.165) is 18.5 Å². The molecule has 1 nitrogen and oxygen atoms in total. The lowest BCUT2D eigenvalue weighted by Gasteiger charge is -2.11. The van der Waals surface area contributed by atoms with Crippen LogP contribution in [-0.4, -0.2) is 11.7 Å². The second-order valence-electron chi connectivity index (χ2n) is 2.58. The second-order valence-corrected chi connectivity index (χ2v) is 2.94. The van der Waals surface area contributed by atoms with Crippen molar-refractivity contribution in [2.75, 3.05) is 6.54 Å². The first kappa shape index (κ1) is 6.86. The summed E-state index contributed by atoms with van der Waals surface area (Å²) in [6, 6.07) is 8.14. The lowest BCUT2D eigenvalue weighted by Crippen LogP contribution is -2.07. The summed E-state index contributed by atoms with van der Waals surface area (Å²) in [4.78, 5) is 4.15. The molecule has 0 N–H and O–H groups in total. The van der Waals surface area contributed by atoms with Crippen molar-refractivity contribution in [1.29, 1.82) is 0 Å². The summed E-state index contributed by atoms with van der Waals surface area (Å²) >= 11 is 5.90. The van der Waals surface area contributed by atoms with E-state index in [1.54, 1.807) is 0 Å². The van der Waals surface area contributed by atoms with Crippen LogP contribution in [0, 0.1) is 0 Å². The second kappa shape index (κ2) is 2.67. The van der Waals surface area contributed by atoms with Crippen molar-refractivity contribution in [1.82, 2.24) is 0 Å². The van der Waals surface area contributed by atoms with Gasteiger partial charge < -0.3 is 0 Å². The predicted molar refractivity (Wildman–Crippen MR) is 47.4 cm³/mol. The molecule has 0 fully saturated rings. The standard InChI is InChI=1S/C9H8ClN/c10-9-8-4-2-1-3-7(8)5-6-11-9/h1-4H,5-6H2. The lowest BCUT2D eigenvalue weighted by atomic mass is 10.0. The van der Waals surface area contributed by atoms with Gasteiger partial charge in [-0.3, -0.25) is 4.99 Å². The number of halogens is 1. The van der Waals surface area contributed by atoms with Crippen LogP contribution in [0.2, 0.25) is 0 Å². The maximum Gasteiger partial charge on any atom is 0.131 e. The van der Waals surface area contributed by atoms with Gasteiger partial charge in [0, 0.05) is 12.1 Å². The third-order valence-corrected chi connectivity index (χ3v) is 2.19. The largest absolute Gasteiger partial charge is 0.272 e. The topological polar surface area (TPSA) is 12.4 Å². The maximum absolute atomic E-state index is 5.90. The van der Waals surface area contributed by atoms with E-state index in [0.29, 0.717) is 5.17 Å². The Morgan fingerprint density at radius 2 is 2.09 bits per heavy atom. The number of rotatable bonds is 0. The summed E-state index contributed by atoms with van der Waals surface area (Å²) in [5, 5.41) is 0.659. The van der Waals surface area contributed by atoms with E-state index in [9.17, 15) is 0 Å². The molecule has 1 heterocycles. The number of benzene rings is 1. The van der Waals surface area contributed by atoms with E-state index in [1.807, 2.05) is 18.2 Å². The van der Waals surface area contributed by atoms with E-state index in [-0.39, 0.29) is 0 Å². The Morgan fingerprint density at radius 1 is 1.27 bits per heavy atom. The minimum atomic E-state index is 0.659. The van der Waals surface area contributed by atoms with Crippen molar-refractivity contribution in [3.8, 4) is 0 Å². The molecule has 0 aromatic heterocycles. The van der Waals surface area contributed by atoms with Gasteiger partial charge >= 0.3 is 0 Å². The molecule has 0 radical (unpaired) electrons. The Kier molecular flexibility index (Phi) is 1.66. The fourth-order valence-corrected chi connectivity index (χ4v) is 1.57. The summed E-state index contributed by atoms with van der Waals surface area (Å²) in [5.41, 5.74) is 2.41. The van der Waals surface area contributed by atoms with Crippen molar-refractivity contribution in [2.45, 2.75) is 6.42 Å². The zero-order valence-corrected chi connectivity index (χ0v) is 6.80. The summed E-state index contributed by atoms with van der Waals surface area (Å²) in [7, 11) is 0. The molecular weight excluding hydrogens is 158 g/mol. The van der Waals surface area contributed by atoms with E-state index in [1.165, 1.54) is 5.56 Å². The van der Waals surface area contributed by atoms with Crippen LogP contribution < -0.4 is 0 Å². The summed E-state index contributed by atoms with van der Waals surface area (Å²) in [6.45, 7) is 0.829. The van der Waals surface area contributed by atoms with Gasteiger partial charge in [0.2, 0.25) is 0 Å². The molecular formula is C9H8ClN. The van der Waals surface area contributed by atoms with Gasteiger partial charge in [0.15, 0.2) is 0 Å². The maximum atomic E-state index is 5.90. The van der Waals surface area contributed by atoms with Crippen LogP contribution >= 0.6 is 11.6 Å². The van der Waals surface area contributed by atoms with Gasteiger partial charge in [0.1, 0.15) is 5.17 Å². The number of fused-ring (bicyclic) bond motifs is 1. The van der Waals surface area contributed by atoms with Gasteiger partial charge in [-0.15, -0.1) is 0 Å². The average molecular weight is 166 g/mol. The minimum absolute atomic E-state index is 0.659. The van der Waals surface area contributed by atoms with Crippen molar-refractivity contribution in [2.24, 2.45) is 4.99 Å². The monoisotopic (exact) mass is 165 g/mol. The zero-order chi connectivity index (χ0) is 7.68. The number of nitrogens with zero attached hydrogens (tertiary/aromatic N) is 1. The summed E-state index contributed by atoms with van der Waals surface area (Å²) in [6.07, 6.45) is 1.02. The minimum Gasteiger partial charge on any atom is -0.272 e. The molecule has 11 heavy (non-hydrogen) atoms. The van der Waals surface area contributed by atoms with E-state index in [2.05, 4.69) is 11.1 Å². The van der Waals surface area contributed by atoms with Gasteiger partial charge in [-0.2, -0.15) is 0 Å². The fourth-order valence-electron chi connectivity index (χ4n) is 1.30. The molecule has 1 aliphatic rings. The molecule has 0 unspecified atom stereocenters. The van der Waals surface area contributed by atoms with Crippen LogP contribution in [0.3, 0.4) is 0 Å². The molecule has 0 saturated heterocycles. The zero-order valence-electron chi connectivity index (χ0n) is 6.05. The number of hydrogen-bond donors (Lipinski definition) is 0. The Balaban J connectivity index is 2.56. The average Bonchev–Trinajstić information content (AvgIpc) is 2.06. The van der Waals surface area contributed by atoms with Crippen LogP contribution in [0.25, 0.3) is 0 Å². The first-order valence-electron chi connectivity index (χ1n) is 3.66. The van der Waals surface area contributed by atoms with Gasteiger partial charge in [-0.05, 0) is 12.0 Å². The van der Waals surface area contributed by atoms with E-state index in [4.69, 9.17) is 11.6 Å². The van der Waals surface area contributed by atoms with Gasteiger partial charge in [-0.1, -0.05) is 35.9 Å². The first-order chi connectivity index (χ1) is 5.38. The highest BCUT2D eigenvalue weighted by Crippen LogP contribution is 2.16. The molecule has 0 amide bonds. The highest BCUT2D eigenvalue weighted by molar-refractivity contribution is 6.69. The molecule has 1 aromatic rings. The predicted octanol–water partition coefficient (Wildman–Crippen LogP) is 2.23. The van der Waals surface area contributed by atoms with Crippen LogP contribution in [0.5, 0.6) is 0 Å². The van der Waals surface area contributed by atoms with Gasteiger partial charge in [-0.25, -0.2) is 0 Å². The van der Waals surface area contributed by atoms with Crippen LogP contribution in [-0.2, 0) is 6.42 Å². The van der Waals surface area contributed by atoms with E-state index >= 15 is 0 Å². The molecule has 56 valence electrons. The molecule has 2 rings (SSSR count). The van der Waals surface area contributed by atoms with Crippen molar-refractivity contribution in [3.63, 3.8) is 0 Å². The fraction of sp³-hybridized carbons (Fsp3) is 0.222. The molecule has 0 aliphatic carbocycles. The Labute approximate surface area is 70.7 Å². The van der Waals surface area contributed by atoms with Gasteiger partial charge in [0.25, 0.3) is 0 Å². The third-order valence-electron chi connectivity index (χ3n) is 1.87. The summed E-state index contributed by atoms with van der Waals surface area (Å²) < 4.78 is 0. The summed E-state index contributed by atoms with van der Waals surface area (Å²) in [5.74, 6) is 0. The Bertz CT molecular complexity index is 304. The normalized spacial score (nSPS) is 15.5. The van der Waals surface area contributed by atoms with Crippen molar-refractivity contribution < 1.29 is 0 Å². The quantitative estimate of drug-likeness (QED) is 0.559. The van der Waals surface area contributed by atoms with Crippen molar-refractivity contribution >= 4 is 16.8 Å². The Hall–Kier alpha value is -0.820. The van der Waals surface area contributed by atoms with Crippen LogP contribution in [0.4, 0.5) is 0 Å². The first-order valence-corrected chi connectivity index (χ1v) is 4.04.